The zero-order chi connectivity index (χ0) is 13.7. The molecule has 0 aliphatic carbocycles. The van der Waals surface area contributed by atoms with Crippen LogP contribution < -0.4 is 5.32 Å². The number of nitrogens with one attached hydrogen (secondary N) is 1. The standard InChI is InChI=1S/C15H14FNO2/c16-13-7-3-1-5-11(13)9-15(19)17-14-8-4-2-6-12(14)10-18/h1-8,18H,9-10H2,(H,17,19). The Labute approximate surface area is 110 Å². The summed E-state index contributed by atoms with van der Waals surface area (Å²) in [6.07, 6.45) is -0.0353. The van der Waals surface area contributed by atoms with Gasteiger partial charge in [0.1, 0.15) is 5.82 Å². The predicted molar refractivity (Wildman–Crippen MR) is 71.1 cm³/mol. The van der Waals surface area contributed by atoms with Crippen LogP contribution >= 0.6 is 0 Å². The summed E-state index contributed by atoms with van der Waals surface area (Å²) >= 11 is 0. The van der Waals surface area contributed by atoms with E-state index >= 15 is 0 Å². The molecule has 4 heteroatoms. The second kappa shape index (κ2) is 6.11. The molecule has 3 nitrogen and oxygen atoms in total. The molecule has 2 N–H and O–H groups in total. The Morgan fingerprint density at radius 3 is 2.37 bits per heavy atom. The van der Waals surface area contributed by atoms with Crippen molar-refractivity contribution in [2.24, 2.45) is 0 Å². The van der Waals surface area contributed by atoms with Crippen LogP contribution in [0.4, 0.5) is 10.1 Å². The fourth-order valence-electron chi connectivity index (χ4n) is 1.79. The van der Waals surface area contributed by atoms with Gasteiger partial charge in [-0.3, -0.25) is 4.79 Å². The molecule has 2 rings (SSSR count). The Morgan fingerprint density at radius 2 is 1.68 bits per heavy atom. The summed E-state index contributed by atoms with van der Waals surface area (Å²) in [7, 11) is 0. The van der Waals surface area contributed by atoms with Gasteiger partial charge in [0, 0.05) is 11.3 Å². The minimum atomic E-state index is -0.395. The van der Waals surface area contributed by atoms with Crippen molar-refractivity contribution in [2.45, 2.75) is 13.0 Å². The van der Waals surface area contributed by atoms with Crippen LogP contribution in [-0.4, -0.2) is 11.0 Å². The number of para-hydroxylation sites is 1. The first-order valence-corrected chi connectivity index (χ1v) is 5.92. The lowest BCUT2D eigenvalue weighted by Gasteiger charge is -2.09. The summed E-state index contributed by atoms with van der Waals surface area (Å²) in [4.78, 5) is 11.8. The molecule has 19 heavy (non-hydrogen) atoms. The van der Waals surface area contributed by atoms with Crippen LogP contribution in [0.25, 0.3) is 0 Å². The number of benzene rings is 2. The van der Waals surface area contributed by atoms with Gasteiger partial charge in [0.05, 0.1) is 13.0 Å². The first-order valence-electron chi connectivity index (χ1n) is 5.92. The molecule has 0 spiro atoms. The second-order valence-corrected chi connectivity index (χ2v) is 4.13. The van der Waals surface area contributed by atoms with Crippen molar-refractivity contribution in [1.29, 1.82) is 0 Å². The Hall–Kier alpha value is -2.20. The van der Waals surface area contributed by atoms with E-state index in [1.54, 1.807) is 42.5 Å². The molecule has 0 saturated heterocycles. The van der Waals surface area contributed by atoms with Crippen molar-refractivity contribution in [3.05, 3.63) is 65.5 Å². The number of carbonyl (C=O) groups is 1. The number of rotatable bonds is 4. The Kier molecular flexibility index (Phi) is 4.26. The van der Waals surface area contributed by atoms with Crippen molar-refractivity contribution >= 4 is 11.6 Å². The third-order valence-corrected chi connectivity index (χ3v) is 2.77. The highest BCUT2D eigenvalue weighted by Crippen LogP contribution is 2.15. The minimum Gasteiger partial charge on any atom is -0.392 e. The van der Waals surface area contributed by atoms with E-state index in [0.29, 0.717) is 16.8 Å². The first-order chi connectivity index (χ1) is 9.20. The van der Waals surface area contributed by atoms with Crippen molar-refractivity contribution in [2.75, 3.05) is 5.32 Å². The molecule has 0 aromatic heterocycles. The van der Waals surface area contributed by atoms with E-state index in [1.165, 1.54) is 6.07 Å². The van der Waals surface area contributed by atoms with E-state index in [-0.39, 0.29) is 18.9 Å². The smallest absolute Gasteiger partial charge is 0.228 e. The van der Waals surface area contributed by atoms with Gasteiger partial charge in [-0.1, -0.05) is 36.4 Å². The van der Waals surface area contributed by atoms with Crippen LogP contribution in [-0.2, 0) is 17.8 Å². The summed E-state index contributed by atoms with van der Waals surface area (Å²) in [5.74, 6) is -0.709. The topological polar surface area (TPSA) is 49.3 Å². The number of anilines is 1. The van der Waals surface area contributed by atoms with Crippen molar-refractivity contribution in [1.82, 2.24) is 0 Å². The Morgan fingerprint density at radius 1 is 1.05 bits per heavy atom. The molecule has 0 bridgehead atoms. The van der Waals surface area contributed by atoms with Gasteiger partial charge >= 0.3 is 0 Å². The molecule has 0 heterocycles. The normalized spacial score (nSPS) is 10.2. The molecule has 0 fully saturated rings. The summed E-state index contributed by atoms with van der Waals surface area (Å²) < 4.78 is 13.4. The van der Waals surface area contributed by atoms with E-state index in [9.17, 15) is 9.18 Å². The molecule has 1 amide bonds. The molecule has 0 aliphatic heterocycles. The van der Waals surface area contributed by atoms with Crippen molar-refractivity contribution < 1.29 is 14.3 Å². The molecule has 0 unspecified atom stereocenters. The number of hydrogen-bond acceptors (Lipinski definition) is 2. The van der Waals surface area contributed by atoms with E-state index in [0.717, 1.165) is 0 Å². The molecular formula is C15H14FNO2. The molecule has 2 aromatic carbocycles. The summed E-state index contributed by atoms with van der Waals surface area (Å²) in [5, 5.41) is 11.8. The molecule has 98 valence electrons. The van der Waals surface area contributed by atoms with Gasteiger partial charge in [-0.25, -0.2) is 4.39 Å². The van der Waals surface area contributed by atoms with Gasteiger partial charge in [-0.15, -0.1) is 0 Å². The maximum atomic E-state index is 13.4. The van der Waals surface area contributed by atoms with Crippen LogP contribution in [0.1, 0.15) is 11.1 Å². The van der Waals surface area contributed by atoms with Crippen molar-refractivity contribution in [3.8, 4) is 0 Å². The van der Waals surface area contributed by atoms with Gasteiger partial charge in [-0.2, -0.15) is 0 Å². The minimum absolute atomic E-state index is 0.0353. The summed E-state index contributed by atoms with van der Waals surface area (Å²) in [5.41, 5.74) is 1.53. The van der Waals surface area contributed by atoms with E-state index < -0.39 is 5.82 Å². The van der Waals surface area contributed by atoms with Crippen LogP contribution in [0, 0.1) is 5.82 Å². The first kappa shape index (κ1) is 13.2. The fourth-order valence-corrected chi connectivity index (χ4v) is 1.79. The molecule has 0 aliphatic rings. The lowest BCUT2D eigenvalue weighted by Crippen LogP contribution is -2.16. The fraction of sp³-hybridized carbons (Fsp3) is 0.133. The maximum absolute atomic E-state index is 13.4. The van der Waals surface area contributed by atoms with Gasteiger partial charge in [0.15, 0.2) is 0 Å². The average molecular weight is 259 g/mol. The largest absolute Gasteiger partial charge is 0.392 e. The van der Waals surface area contributed by atoms with Crippen LogP contribution in [0.3, 0.4) is 0 Å². The zero-order valence-electron chi connectivity index (χ0n) is 10.3. The Bertz CT molecular complexity index is 584. The van der Waals surface area contributed by atoms with Gasteiger partial charge in [0.25, 0.3) is 0 Å². The van der Waals surface area contributed by atoms with Gasteiger partial charge in [-0.05, 0) is 17.7 Å². The predicted octanol–water partition coefficient (Wildman–Crippen LogP) is 2.50. The van der Waals surface area contributed by atoms with Crippen LogP contribution in [0.15, 0.2) is 48.5 Å². The quantitative estimate of drug-likeness (QED) is 0.886. The highest BCUT2D eigenvalue weighted by atomic mass is 19.1. The summed E-state index contributed by atoms with van der Waals surface area (Å²) in [6.45, 7) is -0.157. The van der Waals surface area contributed by atoms with E-state index in [2.05, 4.69) is 5.32 Å². The van der Waals surface area contributed by atoms with E-state index in [4.69, 9.17) is 5.11 Å². The van der Waals surface area contributed by atoms with Crippen LogP contribution in [0.2, 0.25) is 0 Å². The SMILES string of the molecule is O=C(Cc1ccccc1F)Nc1ccccc1CO. The van der Waals surface area contributed by atoms with Gasteiger partial charge < -0.3 is 10.4 Å². The highest BCUT2D eigenvalue weighted by Gasteiger charge is 2.09. The number of hydrogen-bond donors (Lipinski definition) is 2. The highest BCUT2D eigenvalue weighted by molar-refractivity contribution is 5.93. The number of halogens is 1. The second-order valence-electron chi connectivity index (χ2n) is 4.13. The Balaban J connectivity index is 2.08. The third-order valence-electron chi connectivity index (χ3n) is 2.77. The maximum Gasteiger partial charge on any atom is 0.228 e. The van der Waals surface area contributed by atoms with Gasteiger partial charge in [0.2, 0.25) is 5.91 Å². The summed E-state index contributed by atoms with van der Waals surface area (Å²) in [6, 6.07) is 13.1. The van der Waals surface area contributed by atoms with E-state index in [1.807, 2.05) is 0 Å². The lowest BCUT2D eigenvalue weighted by atomic mass is 10.1. The lowest BCUT2D eigenvalue weighted by molar-refractivity contribution is -0.115. The van der Waals surface area contributed by atoms with Crippen molar-refractivity contribution in [3.63, 3.8) is 0 Å². The zero-order valence-corrected chi connectivity index (χ0v) is 10.3. The molecule has 0 atom stereocenters. The molecule has 0 saturated carbocycles. The molecule has 0 radical (unpaired) electrons. The molecule has 2 aromatic rings. The number of aliphatic hydroxyl groups excluding tert-OH is 1. The number of aliphatic hydroxyl groups is 1. The molecular weight excluding hydrogens is 245 g/mol. The number of amides is 1. The average Bonchev–Trinajstić information content (AvgIpc) is 2.42. The monoisotopic (exact) mass is 259 g/mol. The van der Waals surface area contributed by atoms with Crippen LogP contribution in [0.5, 0.6) is 0 Å². The third kappa shape index (κ3) is 3.39. The number of carbonyl (C=O) groups excluding carboxylic acids is 1.